The first kappa shape index (κ1) is 22.0. The number of aryl methyl sites for hydroxylation is 1. The lowest BCUT2D eigenvalue weighted by Gasteiger charge is -2.30. The molecule has 1 atom stereocenters. The Labute approximate surface area is 194 Å². The molecule has 0 saturated carbocycles. The molecule has 1 amide bonds. The topological polar surface area (TPSA) is 47.4 Å². The molecule has 2 aliphatic heterocycles. The van der Waals surface area contributed by atoms with Crippen molar-refractivity contribution < 1.29 is 22.7 Å². The van der Waals surface area contributed by atoms with E-state index in [9.17, 15) is 18.0 Å². The Balaban J connectivity index is 1.47. The fourth-order valence-corrected chi connectivity index (χ4v) is 4.64. The van der Waals surface area contributed by atoms with E-state index in [1.54, 1.807) is 19.5 Å². The van der Waals surface area contributed by atoms with Gasteiger partial charge in [-0.3, -0.25) is 4.79 Å². The number of imidazole rings is 1. The maximum absolute atomic E-state index is 14.5. The van der Waals surface area contributed by atoms with Crippen LogP contribution in [0.25, 0.3) is 11.8 Å². The fourth-order valence-electron chi connectivity index (χ4n) is 4.64. The van der Waals surface area contributed by atoms with E-state index in [4.69, 9.17) is 4.74 Å². The number of hydrogen-bond donors (Lipinski definition) is 0. The summed E-state index contributed by atoms with van der Waals surface area (Å²) in [5.74, 6) is -2.88. The molecule has 5 rings (SSSR count). The van der Waals surface area contributed by atoms with E-state index in [1.807, 2.05) is 42.0 Å². The molecule has 0 aliphatic carbocycles. The number of benzene rings is 2. The maximum atomic E-state index is 14.5. The van der Waals surface area contributed by atoms with Crippen LogP contribution >= 0.6 is 0 Å². The first-order valence-corrected chi connectivity index (χ1v) is 10.9. The summed E-state index contributed by atoms with van der Waals surface area (Å²) in [6, 6.07) is 6.30. The Bertz CT molecular complexity index is 1360. The normalized spacial score (nSPS) is 18.9. The van der Waals surface area contributed by atoms with E-state index >= 15 is 0 Å². The minimum absolute atomic E-state index is 0.0152. The summed E-state index contributed by atoms with van der Waals surface area (Å²) < 4.78 is 49.2. The van der Waals surface area contributed by atoms with Crippen molar-refractivity contribution >= 4 is 12.0 Å². The Morgan fingerprint density at radius 3 is 2.65 bits per heavy atom. The molecule has 2 aromatic carbocycles. The second-order valence-electron chi connectivity index (χ2n) is 8.44. The van der Waals surface area contributed by atoms with E-state index in [0.717, 1.165) is 28.7 Å². The largest absolute Gasteiger partial charge is 0.495 e. The molecule has 174 valence electrons. The van der Waals surface area contributed by atoms with Gasteiger partial charge in [0.1, 0.15) is 11.6 Å². The number of fused-ring (bicyclic) bond motifs is 1. The standard InChI is InChI=1S/C26H22F3N3O2/c1-15-13-31(14-30-15)24-7-3-16(10-25(24)34-2)9-17-4-5-18-6-8-23(32(18)26(17)33)19-11-21(28)22(29)12-20(19)27/h3,5,7,9-14,23H,4,6,8H2,1-2H3/t23-/m0/s1. The molecule has 8 heteroatoms. The van der Waals surface area contributed by atoms with Crippen molar-refractivity contribution in [1.82, 2.24) is 14.5 Å². The number of aromatic nitrogens is 2. The van der Waals surface area contributed by atoms with Gasteiger partial charge in [0.2, 0.25) is 0 Å². The zero-order valence-corrected chi connectivity index (χ0v) is 18.7. The Kier molecular flexibility index (Phi) is 5.51. The number of carbonyl (C=O) groups excluding carboxylic acids is 1. The van der Waals surface area contributed by atoms with Gasteiger partial charge in [0.15, 0.2) is 11.6 Å². The van der Waals surface area contributed by atoms with Crippen molar-refractivity contribution in [2.45, 2.75) is 32.2 Å². The third-order valence-electron chi connectivity index (χ3n) is 6.28. The second-order valence-corrected chi connectivity index (χ2v) is 8.44. The molecule has 5 nitrogen and oxygen atoms in total. The summed E-state index contributed by atoms with van der Waals surface area (Å²) in [4.78, 5) is 19.1. The quantitative estimate of drug-likeness (QED) is 0.370. The minimum atomic E-state index is -1.25. The van der Waals surface area contributed by atoms with Crippen LogP contribution in [0.2, 0.25) is 0 Å². The van der Waals surface area contributed by atoms with Gasteiger partial charge >= 0.3 is 0 Å². The first-order valence-electron chi connectivity index (χ1n) is 10.9. The lowest BCUT2D eigenvalue weighted by Crippen LogP contribution is -2.33. The molecule has 0 unspecified atom stereocenters. The van der Waals surface area contributed by atoms with Crippen molar-refractivity contribution in [3.63, 3.8) is 0 Å². The Morgan fingerprint density at radius 1 is 1.12 bits per heavy atom. The zero-order chi connectivity index (χ0) is 24.0. The van der Waals surface area contributed by atoms with Crippen LogP contribution in [0.5, 0.6) is 5.75 Å². The van der Waals surface area contributed by atoms with Crippen molar-refractivity contribution in [3.8, 4) is 11.4 Å². The summed E-state index contributed by atoms with van der Waals surface area (Å²) in [5.41, 5.74) is 3.75. The van der Waals surface area contributed by atoms with Crippen LogP contribution in [0.4, 0.5) is 13.2 Å². The summed E-state index contributed by atoms with van der Waals surface area (Å²) >= 11 is 0. The molecule has 0 N–H and O–H groups in total. The van der Waals surface area contributed by atoms with Gasteiger partial charge in [-0.25, -0.2) is 18.2 Å². The molecular formula is C26H22F3N3O2. The summed E-state index contributed by atoms with van der Waals surface area (Å²) in [5, 5.41) is 0. The van der Waals surface area contributed by atoms with Crippen molar-refractivity contribution in [2.24, 2.45) is 0 Å². The van der Waals surface area contributed by atoms with Gasteiger partial charge in [0.05, 0.1) is 30.9 Å². The third kappa shape index (κ3) is 3.79. The van der Waals surface area contributed by atoms with Crippen LogP contribution in [0.3, 0.4) is 0 Å². The SMILES string of the molecule is COc1cc(C=C2CC=C3CC[C@@H](c4cc(F)c(F)cc4F)N3C2=O)ccc1-n1cnc(C)c1. The number of amides is 1. The van der Waals surface area contributed by atoms with Crippen molar-refractivity contribution in [3.05, 3.63) is 94.5 Å². The number of nitrogens with zero attached hydrogens (tertiary/aromatic N) is 3. The van der Waals surface area contributed by atoms with E-state index in [0.29, 0.717) is 36.7 Å². The van der Waals surface area contributed by atoms with Gasteiger partial charge in [0.25, 0.3) is 5.91 Å². The molecule has 1 aromatic heterocycles. The van der Waals surface area contributed by atoms with Gasteiger partial charge < -0.3 is 14.2 Å². The van der Waals surface area contributed by atoms with E-state index in [-0.39, 0.29) is 11.5 Å². The molecule has 3 aromatic rings. The van der Waals surface area contributed by atoms with E-state index < -0.39 is 23.5 Å². The highest BCUT2D eigenvalue weighted by Gasteiger charge is 2.39. The number of allylic oxidation sites excluding steroid dienone is 2. The average Bonchev–Trinajstić information content (AvgIpc) is 3.45. The molecule has 0 radical (unpaired) electrons. The van der Waals surface area contributed by atoms with E-state index in [1.165, 1.54) is 4.90 Å². The maximum Gasteiger partial charge on any atom is 0.254 e. The molecule has 2 aliphatic rings. The number of methoxy groups -OCH3 is 1. The van der Waals surface area contributed by atoms with Gasteiger partial charge in [0, 0.05) is 29.1 Å². The number of rotatable bonds is 4. The number of carbonyl (C=O) groups is 1. The van der Waals surface area contributed by atoms with Crippen LogP contribution in [0, 0.1) is 24.4 Å². The fraction of sp³-hybridized carbons (Fsp3) is 0.231. The van der Waals surface area contributed by atoms with Gasteiger partial charge in [-0.05, 0) is 56.0 Å². The summed E-state index contributed by atoms with van der Waals surface area (Å²) in [6.07, 6.45) is 8.74. The van der Waals surface area contributed by atoms with Gasteiger partial charge in [-0.2, -0.15) is 0 Å². The minimum Gasteiger partial charge on any atom is -0.495 e. The molecular weight excluding hydrogens is 443 g/mol. The molecule has 1 saturated heterocycles. The van der Waals surface area contributed by atoms with Crippen LogP contribution in [0.1, 0.15) is 42.1 Å². The van der Waals surface area contributed by atoms with Crippen LogP contribution in [-0.4, -0.2) is 27.5 Å². The van der Waals surface area contributed by atoms with E-state index in [2.05, 4.69) is 4.98 Å². The lowest BCUT2D eigenvalue weighted by molar-refractivity contribution is -0.126. The average molecular weight is 465 g/mol. The third-order valence-corrected chi connectivity index (χ3v) is 6.28. The predicted molar refractivity (Wildman–Crippen MR) is 121 cm³/mol. The summed E-state index contributed by atoms with van der Waals surface area (Å²) in [6.45, 7) is 1.90. The van der Waals surface area contributed by atoms with Gasteiger partial charge in [-0.1, -0.05) is 12.1 Å². The molecule has 1 fully saturated rings. The molecule has 3 heterocycles. The number of hydrogen-bond acceptors (Lipinski definition) is 3. The lowest BCUT2D eigenvalue weighted by atomic mass is 10.00. The second kappa shape index (κ2) is 8.52. The molecule has 0 spiro atoms. The van der Waals surface area contributed by atoms with Crippen molar-refractivity contribution in [1.29, 1.82) is 0 Å². The highest BCUT2D eigenvalue weighted by molar-refractivity contribution is 6.00. The summed E-state index contributed by atoms with van der Waals surface area (Å²) in [7, 11) is 1.57. The predicted octanol–water partition coefficient (Wildman–Crippen LogP) is 5.64. The van der Waals surface area contributed by atoms with Crippen LogP contribution < -0.4 is 4.74 Å². The van der Waals surface area contributed by atoms with Crippen LogP contribution in [-0.2, 0) is 4.79 Å². The Hall–Kier alpha value is -3.81. The monoisotopic (exact) mass is 465 g/mol. The first-order chi connectivity index (χ1) is 16.4. The highest BCUT2D eigenvalue weighted by Crippen LogP contribution is 2.43. The highest BCUT2D eigenvalue weighted by atomic mass is 19.2. The molecule has 0 bridgehead atoms. The number of ether oxygens (including phenoxy) is 1. The Morgan fingerprint density at radius 2 is 1.91 bits per heavy atom. The van der Waals surface area contributed by atoms with Crippen molar-refractivity contribution in [2.75, 3.05) is 7.11 Å². The molecule has 34 heavy (non-hydrogen) atoms. The smallest absolute Gasteiger partial charge is 0.254 e. The van der Waals surface area contributed by atoms with Crippen LogP contribution in [0.15, 0.2) is 60.2 Å². The zero-order valence-electron chi connectivity index (χ0n) is 18.7. The van der Waals surface area contributed by atoms with Gasteiger partial charge in [-0.15, -0.1) is 0 Å². The number of halogens is 3.